The lowest BCUT2D eigenvalue weighted by Crippen LogP contribution is -1.93. The molecular weight excluding hydrogens is 190 g/mol. The highest BCUT2D eigenvalue weighted by atomic mass is 32.1. The molecule has 66 valence electrons. The summed E-state index contributed by atoms with van der Waals surface area (Å²) in [5, 5.41) is 10.7. The van der Waals surface area contributed by atoms with Crippen LogP contribution in [0.1, 0.15) is 0 Å². The minimum atomic E-state index is -0.498. The monoisotopic (exact) mass is 195 g/mol. The third-order valence-electron chi connectivity index (χ3n) is 1.66. The topological polar surface area (TPSA) is 60.4 Å². The summed E-state index contributed by atoms with van der Waals surface area (Å²) in [6.07, 6.45) is 1.58. The molecule has 0 unspecified atom stereocenters. The van der Waals surface area contributed by atoms with E-state index in [0.717, 1.165) is 0 Å². The molecule has 2 aromatic rings. The van der Waals surface area contributed by atoms with E-state index in [-0.39, 0.29) is 10.8 Å². The SMILES string of the molecule is O=[N+]([O-])c1c(S)nc2ccccn12. The number of nitro groups is 1. The van der Waals surface area contributed by atoms with E-state index in [1.165, 1.54) is 4.40 Å². The number of hydrogen-bond donors (Lipinski definition) is 1. The molecule has 0 amide bonds. The fourth-order valence-corrected chi connectivity index (χ4v) is 1.43. The van der Waals surface area contributed by atoms with Gasteiger partial charge in [-0.1, -0.05) is 6.07 Å². The van der Waals surface area contributed by atoms with Crippen LogP contribution in [-0.2, 0) is 0 Å². The fourth-order valence-electron chi connectivity index (χ4n) is 1.14. The van der Waals surface area contributed by atoms with Crippen LogP contribution in [0, 0.1) is 10.1 Å². The first kappa shape index (κ1) is 8.06. The van der Waals surface area contributed by atoms with Gasteiger partial charge in [0, 0.05) is 6.07 Å². The predicted molar refractivity (Wildman–Crippen MR) is 49.1 cm³/mol. The summed E-state index contributed by atoms with van der Waals surface area (Å²) >= 11 is 3.92. The average molecular weight is 195 g/mol. The zero-order valence-corrected chi connectivity index (χ0v) is 7.31. The van der Waals surface area contributed by atoms with Crippen molar-refractivity contribution in [2.24, 2.45) is 0 Å². The molecule has 0 fully saturated rings. The molecule has 0 aliphatic heterocycles. The first-order chi connectivity index (χ1) is 6.20. The Labute approximate surface area is 78.6 Å². The van der Waals surface area contributed by atoms with E-state index in [9.17, 15) is 10.1 Å². The van der Waals surface area contributed by atoms with Crippen molar-refractivity contribution in [2.45, 2.75) is 5.03 Å². The number of imidazole rings is 1. The molecule has 0 saturated heterocycles. The maximum Gasteiger partial charge on any atom is 0.361 e. The van der Waals surface area contributed by atoms with Gasteiger partial charge >= 0.3 is 5.82 Å². The third-order valence-corrected chi connectivity index (χ3v) is 1.96. The largest absolute Gasteiger partial charge is 0.361 e. The number of pyridine rings is 1. The first-order valence-corrected chi connectivity index (χ1v) is 3.95. The Bertz CT molecular complexity index is 480. The summed E-state index contributed by atoms with van der Waals surface area (Å²) in [4.78, 5) is 14.0. The van der Waals surface area contributed by atoms with Crippen LogP contribution in [0.2, 0.25) is 0 Å². The Morgan fingerprint density at radius 3 is 3.00 bits per heavy atom. The minimum Gasteiger partial charge on any atom is -0.358 e. The van der Waals surface area contributed by atoms with E-state index in [0.29, 0.717) is 5.65 Å². The first-order valence-electron chi connectivity index (χ1n) is 3.50. The number of fused-ring (bicyclic) bond motifs is 1. The van der Waals surface area contributed by atoms with E-state index in [4.69, 9.17) is 0 Å². The van der Waals surface area contributed by atoms with Gasteiger partial charge in [0.15, 0.2) is 5.03 Å². The van der Waals surface area contributed by atoms with E-state index >= 15 is 0 Å². The van der Waals surface area contributed by atoms with Crippen LogP contribution in [0.4, 0.5) is 5.82 Å². The highest BCUT2D eigenvalue weighted by molar-refractivity contribution is 7.80. The fraction of sp³-hybridized carbons (Fsp3) is 0. The molecule has 0 spiro atoms. The van der Waals surface area contributed by atoms with Crippen LogP contribution >= 0.6 is 12.6 Å². The lowest BCUT2D eigenvalue weighted by molar-refractivity contribution is -0.393. The van der Waals surface area contributed by atoms with Crippen molar-refractivity contribution in [1.82, 2.24) is 9.38 Å². The molecule has 0 radical (unpaired) electrons. The molecule has 5 nitrogen and oxygen atoms in total. The van der Waals surface area contributed by atoms with E-state index in [2.05, 4.69) is 17.6 Å². The standard InChI is InChI=1S/C7H5N3O2S/c11-10(12)7-6(13)8-5-3-1-2-4-9(5)7/h1-4,13H. The highest BCUT2D eigenvalue weighted by Crippen LogP contribution is 2.22. The van der Waals surface area contributed by atoms with Gasteiger partial charge in [-0.25, -0.2) is 0 Å². The molecule has 0 aliphatic carbocycles. The molecule has 2 heterocycles. The van der Waals surface area contributed by atoms with Crippen molar-refractivity contribution >= 4 is 24.1 Å². The minimum absolute atomic E-state index is 0.0982. The zero-order chi connectivity index (χ0) is 9.42. The molecule has 13 heavy (non-hydrogen) atoms. The van der Waals surface area contributed by atoms with Crippen LogP contribution < -0.4 is 0 Å². The van der Waals surface area contributed by atoms with Crippen LogP contribution in [0.15, 0.2) is 29.4 Å². The normalized spacial score (nSPS) is 10.5. The maximum absolute atomic E-state index is 10.6. The highest BCUT2D eigenvalue weighted by Gasteiger charge is 2.18. The number of aromatic nitrogens is 2. The van der Waals surface area contributed by atoms with Gasteiger partial charge < -0.3 is 10.1 Å². The zero-order valence-electron chi connectivity index (χ0n) is 6.41. The summed E-state index contributed by atoms with van der Waals surface area (Å²) in [5.74, 6) is -0.0982. The van der Waals surface area contributed by atoms with Gasteiger partial charge in [0.1, 0.15) is 0 Å². The van der Waals surface area contributed by atoms with Crippen molar-refractivity contribution in [2.75, 3.05) is 0 Å². The van der Waals surface area contributed by atoms with Crippen molar-refractivity contribution in [3.63, 3.8) is 0 Å². The Morgan fingerprint density at radius 2 is 2.31 bits per heavy atom. The van der Waals surface area contributed by atoms with Gasteiger partial charge in [0.25, 0.3) is 0 Å². The molecule has 0 atom stereocenters. The van der Waals surface area contributed by atoms with Crippen LogP contribution in [0.5, 0.6) is 0 Å². The van der Waals surface area contributed by atoms with E-state index < -0.39 is 4.92 Å². The second-order valence-electron chi connectivity index (χ2n) is 2.44. The molecule has 2 rings (SSSR count). The van der Waals surface area contributed by atoms with Crippen molar-refractivity contribution < 1.29 is 4.92 Å². The molecule has 0 aromatic carbocycles. The van der Waals surface area contributed by atoms with Gasteiger partial charge in [0.2, 0.25) is 5.65 Å². The van der Waals surface area contributed by atoms with Gasteiger partial charge in [-0.2, -0.15) is 9.38 Å². The van der Waals surface area contributed by atoms with Crippen molar-refractivity contribution in [1.29, 1.82) is 0 Å². The number of rotatable bonds is 1. The summed E-state index contributed by atoms with van der Waals surface area (Å²) < 4.78 is 1.39. The Hall–Kier alpha value is -1.56. The van der Waals surface area contributed by atoms with E-state index in [1.54, 1.807) is 24.4 Å². The molecule has 0 saturated carbocycles. The second-order valence-corrected chi connectivity index (χ2v) is 2.87. The molecule has 0 aliphatic rings. The van der Waals surface area contributed by atoms with Gasteiger partial charge in [-0.3, -0.25) is 0 Å². The summed E-state index contributed by atoms with van der Waals surface area (Å²) in [7, 11) is 0. The second kappa shape index (κ2) is 2.74. The smallest absolute Gasteiger partial charge is 0.358 e. The quantitative estimate of drug-likeness (QED) is 0.426. The van der Waals surface area contributed by atoms with Gasteiger partial charge in [-0.15, -0.1) is 12.6 Å². The van der Waals surface area contributed by atoms with Crippen LogP contribution in [0.3, 0.4) is 0 Å². The number of hydrogen-bond acceptors (Lipinski definition) is 4. The van der Waals surface area contributed by atoms with Crippen LogP contribution in [0.25, 0.3) is 5.65 Å². The number of nitrogens with zero attached hydrogens (tertiary/aromatic N) is 3. The number of thiol groups is 1. The predicted octanol–water partition coefficient (Wildman–Crippen LogP) is 1.53. The Morgan fingerprint density at radius 1 is 1.54 bits per heavy atom. The van der Waals surface area contributed by atoms with Crippen molar-refractivity contribution in [3.8, 4) is 0 Å². The Kier molecular flexibility index (Phi) is 1.70. The summed E-state index contributed by atoms with van der Waals surface area (Å²) in [6, 6.07) is 5.15. The van der Waals surface area contributed by atoms with Gasteiger partial charge in [0.05, 0.1) is 6.20 Å². The van der Waals surface area contributed by atoms with E-state index in [1.807, 2.05) is 0 Å². The molecular formula is C7H5N3O2S. The summed E-state index contributed by atoms with van der Waals surface area (Å²) in [5.41, 5.74) is 0.527. The van der Waals surface area contributed by atoms with Crippen LogP contribution in [-0.4, -0.2) is 14.3 Å². The average Bonchev–Trinajstić information content (AvgIpc) is 2.39. The van der Waals surface area contributed by atoms with Crippen molar-refractivity contribution in [3.05, 3.63) is 34.5 Å². The lowest BCUT2D eigenvalue weighted by atomic mass is 10.5. The third kappa shape index (κ3) is 1.15. The molecule has 0 N–H and O–H groups in total. The maximum atomic E-state index is 10.6. The molecule has 6 heteroatoms. The molecule has 2 aromatic heterocycles. The summed E-state index contributed by atoms with van der Waals surface area (Å²) in [6.45, 7) is 0. The Balaban J connectivity index is 2.86. The van der Waals surface area contributed by atoms with Gasteiger partial charge in [-0.05, 0) is 11.0 Å². The molecule has 0 bridgehead atoms. The lowest BCUT2D eigenvalue weighted by Gasteiger charge is -1.92.